The lowest BCUT2D eigenvalue weighted by Crippen LogP contribution is -2.76. The Morgan fingerprint density at radius 3 is 2.39 bits per heavy atom. The van der Waals surface area contributed by atoms with Crippen LogP contribution in [0.25, 0.3) is 0 Å². The van der Waals surface area contributed by atoms with Crippen LogP contribution >= 0.6 is 0 Å². The number of ether oxygens (including phenoxy) is 2. The van der Waals surface area contributed by atoms with E-state index in [1.54, 1.807) is 31.2 Å². The molecule has 0 aromatic heterocycles. The zero-order chi connectivity index (χ0) is 26.4. The van der Waals surface area contributed by atoms with Gasteiger partial charge in [0.2, 0.25) is 0 Å². The summed E-state index contributed by atoms with van der Waals surface area (Å²) in [6.07, 6.45) is -1.80. The molecule has 2 N–H and O–H groups in total. The molecule has 2 saturated carbocycles. The third-order valence-corrected chi connectivity index (χ3v) is 10.5. The molecule has 2 bridgehead atoms. The van der Waals surface area contributed by atoms with Gasteiger partial charge in [0.05, 0.1) is 37.6 Å². The van der Waals surface area contributed by atoms with E-state index in [1.165, 1.54) is 0 Å². The lowest BCUT2D eigenvalue weighted by atomic mass is 9.40. The zero-order valence-electron chi connectivity index (χ0n) is 22.1. The van der Waals surface area contributed by atoms with Crippen LogP contribution in [-0.4, -0.2) is 60.3 Å². The molecule has 1 saturated heterocycles. The van der Waals surface area contributed by atoms with Crippen LogP contribution in [-0.2, 0) is 14.3 Å². The van der Waals surface area contributed by atoms with Crippen LogP contribution in [0.4, 0.5) is 0 Å². The summed E-state index contributed by atoms with van der Waals surface area (Å²) in [6, 6.07) is 8.68. The van der Waals surface area contributed by atoms with Crippen molar-refractivity contribution in [3.8, 4) is 0 Å². The van der Waals surface area contributed by atoms with Gasteiger partial charge < -0.3 is 19.7 Å². The summed E-state index contributed by atoms with van der Waals surface area (Å²) in [7, 11) is 6.75. The van der Waals surface area contributed by atoms with Gasteiger partial charge in [0.15, 0.2) is 0 Å². The molecule has 0 spiro atoms. The summed E-state index contributed by atoms with van der Waals surface area (Å²) in [5.41, 5.74) is -2.40. The van der Waals surface area contributed by atoms with Crippen LogP contribution in [0.2, 0.25) is 5.82 Å². The van der Waals surface area contributed by atoms with E-state index < -0.39 is 51.8 Å². The Morgan fingerprint density at radius 2 is 1.81 bits per heavy atom. The summed E-state index contributed by atoms with van der Waals surface area (Å²) >= 11 is 0. The molecule has 0 amide bonds. The fraction of sp³-hybridized carbons (Fsp3) is 0.655. The van der Waals surface area contributed by atoms with E-state index in [4.69, 9.17) is 17.3 Å². The summed E-state index contributed by atoms with van der Waals surface area (Å²) in [5, 5.41) is 24.2. The Morgan fingerprint density at radius 1 is 1.17 bits per heavy atom. The highest BCUT2D eigenvalue weighted by Crippen LogP contribution is 2.67. The average molecular weight is 492 g/mol. The van der Waals surface area contributed by atoms with Crippen LogP contribution in [0.5, 0.6) is 0 Å². The predicted octanol–water partition coefficient (Wildman–Crippen LogP) is 3.66. The van der Waals surface area contributed by atoms with Crippen LogP contribution in [0.15, 0.2) is 41.5 Å². The number of aliphatic hydroxyl groups is 2. The molecule has 0 unspecified atom stereocenters. The van der Waals surface area contributed by atoms with Crippen molar-refractivity contribution >= 4 is 19.6 Å². The number of allylic oxidation sites excluding steroid dienone is 1. The van der Waals surface area contributed by atoms with Gasteiger partial charge in [0.25, 0.3) is 0 Å². The molecular weight excluding hydrogens is 455 g/mol. The minimum Gasteiger partial charge on any atom is -0.455 e. The smallest absolute Gasteiger partial charge is 0.338 e. The Hall–Kier alpha value is -1.96. The Bertz CT molecular complexity index is 1130. The number of hydrogen-bond acceptors (Lipinski definition) is 6. The molecule has 3 aliphatic carbocycles. The number of Topliss-reactive ketones (excluding diaryl/α,β-unsaturated/α-hetero) is 1. The normalized spacial score (nSPS) is 45.5. The second kappa shape index (κ2) is 8.02. The van der Waals surface area contributed by atoms with Gasteiger partial charge in [-0.05, 0) is 38.3 Å². The second-order valence-corrected chi connectivity index (χ2v) is 12.6. The van der Waals surface area contributed by atoms with Gasteiger partial charge in [-0.2, -0.15) is 0 Å². The molecule has 36 heavy (non-hydrogen) atoms. The largest absolute Gasteiger partial charge is 0.455 e. The van der Waals surface area contributed by atoms with Gasteiger partial charge in [0, 0.05) is 29.0 Å². The third-order valence-electron chi connectivity index (χ3n) is 10.5. The third kappa shape index (κ3) is 3.09. The average Bonchev–Trinajstić information content (AvgIpc) is 2.83. The van der Waals surface area contributed by atoms with E-state index in [1.807, 2.05) is 40.7 Å². The second-order valence-electron chi connectivity index (χ2n) is 12.6. The summed E-state index contributed by atoms with van der Waals surface area (Å²) in [6.45, 7) is 11.9. The highest BCUT2D eigenvalue weighted by atomic mass is 16.6. The summed E-state index contributed by atoms with van der Waals surface area (Å²) < 4.78 is 12.2. The van der Waals surface area contributed by atoms with Gasteiger partial charge in [-0.1, -0.05) is 57.0 Å². The SMILES string of the molecule is [B][C@H]1C(=O)[C@@]2(C)[C@H]([C@H](OC(=O)c3ccccc3)[C@]3(O)C[C@H](C)C(C)=C1C3(C)C)[C@]1(C)CO[C@@H]1C[C@@H]2O. The number of carbonyl (C=O) groups excluding carboxylic acids is 2. The number of carbonyl (C=O) groups is 2. The molecule has 1 aromatic carbocycles. The van der Waals surface area contributed by atoms with Crippen LogP contribution < -0.4 is 0 Å². The van der Waals surface area contributed by atoms with E-state index in [9.17, 15) is 19.8 Å². The molecule has 192 valence electrons. The number of ketones is 1. The number of esters is 1. The number of fused-ring (bicyclic) bond motifs is 5. The number of aliphatic hydroxyl groups excluding tert-OH is 1. The summed E-state index contributed by atoms with van der Waals surface area (Å²) in [4.78, 5) is 27.9. The number of hydrogen-bond donors (Lipinski definition) is 2. The Kier molecular flexibility index (Phi) is 5.72. The fourth-order valence-electron chi connectivity index (χ4n) is 8.05. The van der Waals surface area contributed by atoms with E-state index in [0.29, 0.717) is 24.2 Å². The van der Waals surface area contributed by atoms with Crippen molar-refractivity contribution in [1.29, 1.82) is 0 Å². The molecular formula is C29H37BO6. The first-order chi connectivity index (χ1) is 16.7. The molecule has 9 atom stereocenters. The van der Waals surface area contributed by atoms with Gasteiger partial charge in [-0.15, -0.1) is 0 Å². The van der Waals surface area contributed by atoms with Gasteiger partial charge in [0.1, 0.15) is 17.5 Å². The van der Waals surface area contributed by atoms with E-state index in [-0.39, 0.29) is 24.2 Å². The lowest BCUT2D eigenvalue weighted by Gasteiger charge is -2.68. The van der Waals surface area contributed by atoms with Crippen LogP contribution in [0.1, 0.15) is 64.7 Å². The topological polar surface area (TPSA) is 93.1 Å². The van der Waals surface area contributed by atoms with Crippen LogP contribution in [0.3, 0.4) is 0 Å². The molecule has 3 fully saturated rings. The van der Waals surface area contributed by atoms with Crippen molar-refractivity contribution in [3.05, 3.63) is 47.0 Å². The highest BCUT2D eigenvalue weighted by molar-refractivity contribution is 6.28. The molecule has 7 heteroatoms. The predicted molar refractivity (Wildman–Crippen MR) is 135 cm³/mol. The maximum Gasteiger partial charge on any atom is 0.338 e. The van der Waals surface area contributed by atoms with Gasteiger partial charge >= 0.3 is 5.97 Å². The monoisotopic (exact) mass is 492 g/mol. The minimum absolute atomic E-state index is 0.0751. The lowest BCUT2D eigenvalue weighted by molar-refractivity contribution is -0.310. The molecule has 1 aromatic rings. The minimum atomic E-state index is -1.53. The Labute approximate surface area is 214 Å². The van der Waals surface area contributed by atoms with Crippen LogP contribution in [0, 0.1) is 28.1 Å². The molecule has 4 aliphatic rings. The maximum absolute atomic E-state index is 14.3. The fourth-order valence-corrected chi connectivity index (χ4v) is 8.05. The first-order valence-electron chi connectivity index (χ1n) is 13.0. The van der Waals surface area contributed by atoms with Crippen molar-refractivity contribution in [3.63, 3.8) is 0 Å². The Balaban J connectivity index is 1.78. The van der Waals surface area contributed by atoms with Crippen molar-refractivity contribution in [1.82, 2.24) is 0 Å². The number of rotatable bonds is 2. The van der Waals surface area contributed by atoms with Crippen molar-refractivity contribution in [2.75, 3.05) is 6.61 Å². The first kappa shape index (κ1) is 25.7. The maximum atomic E-state index is 14.3. The molecule has 2 radical (unpaired) electrons. The van der Waals surface area contributed by atoms with E-state index in [2.05, 4.69) is 0 Å². The first-order valence-corrected chi connectivity index (χ1v) is 13.0. The zero-order valence-corrected chi connectivity index (χ0v) is 22.1. The van der Waals surface area contributed by atoms with Gasteiger partial charge in [-0.25, -0.2) is 4.79 Å². The number of benzene rings is 1. The molecule has 6 nitrogen and oxygen atoms in total. The quantitative estimate of drug-likeness (QED) is 0.372. The van der Waals surface area contributed by atoms with E-state index >= 15 is 0 Å². The highest BCUT2D eigenvalue weighted by Gasteiger charge is 2.74. The van der Waals surface area contributed by atoms with E-state index in [0.717, 1.165) is 5.57 Å². The molecule has 1 heterocycles. The standard InChI is InChI=1S/C29H37BO6/c1-15-13-29(34)24(36-25(33)17-10-8-7-9-11-17)22-27(5)14-35-19(27)12-18(31)28(22,6)23(32)21(30)20(16(15)2)26(29,3)4/h7-11,15,18-19,21-22,24,31,34H,12-14H2,1-6H3/t15-,18-,19+,21+,22+,24-,27+,28+,29+/m0/s1. The molecule has 5 rings (SSSR count). The van der Waals surface area contributed by atoms with Crippen molar-refractivity contribution in [2.45, 2.75) is 84.1 Å². The molecule has 1 aliphatic heterocycles. The van der Waals surface area contributed by atoms with Crippen molar-refractivity contribution < 1.29 is 29.3 Å². The summed E-state index contributed by atoms with van der Waals surface area (Å²) in [5.74, 6) is -2.59. The van der Waals surface area contributed by atoms with Crippen molar-refractivity contribution in [2.24, 2.45) is 28.1 Å². The van der Waals surface area contributed by atoms with Gasteiger partial charge in [-0.3, -0.25) is 4.79 Å².